The molecule has 0 aliphatic heterocycles. The van der Waals surface area contributed by atoms with E-state index in [0.717, 1.165) is 11.8 Å². The predicted octanol–water partition coefficient (Wildman–Crippen LogP) is 4.06. The SMILES string of the molecule is Cc1cccc(C2(N)CCCC(C3CC3)C2)c1C. The lowest BCUT2D eigenvalue weighted by Crippen LogP contribution is -2.42. The Morgan fingerprint density at radius 3 is 2.61 bits per heavy atom. The number of hydrogen-bond donors (Lipinski definition) is 1. The maximum atomic E-state index is 6.81. The Kier molecular flexibility index (Phi) is 2.97. The fraction of sp³-hybridized carbons (Fsp3) is 0.647. The van der Waals surface area contributed by atoms with Crippen LogP contribution in [0.5, 0.6) is 0 Å². The van der Waals surface area contributed by atoms with Gasteiger partial charge >= 0.3 is 0 Å². The second-order valence-corrected chi connectivity index (χ2v) is 6.60. The molecule has 98 valence electrons. The van der Waals surface area contributed by atoms with Crippen molar-refractivity contribution in [1.29, 1.82) is 0 Å². The summed E-state index contributed by atoms with van der Waals surface area (Å²) < 4.78 is 0. The molecule has 2 aliphatic carbocycles. The van der Waals surface area contributed by atoms with Crippen molar-refractivity contribution in [3.05, 3.63) is 34.9 Å². The maximum absolute atomic E-state index is 6.81. The van der Waals surface area contributed by atoms with Gasteiger partial charge in [0.15, 0.2) is 0 Å². The van der Waals surface area contributed by atoms with Crippen LogP contribution >= 0.6 is 0 Å². The lowest BCUT2D eigenvalue weighted by molar-refractivity contribution is 0.206. The molecule has 0 spiro atoms. The van der Waals surface area contributed by atoms with Crippen LogP contribution in [0.4, 0.5) is 0 Å². The Balaban J connectivity index is 1.90. The highest BCUT2D eigenvalue weighted by atomic mass is 14.8. The molecule has 2 N–H and O–H groups in total. The predicted molar refractivity (Wildman–Crippen MR) is 76.5 cm³/mol. The van der Waals surface area contributed by atoms with E-state index in [1.165, 1.54) is 55.2 Å². The first-order chi connectivity index (χ1) is 8.60. The molecule has 2 atom stereocenters. The third kappa shape index (κ3) is 2.09. The summed E-state index contributed by atoms with van der Waals surface area (Å²) in [5.74, 6) is 1.89. The van der Waals surface area contributed by atoms with Crippen LogP contribution in [0.25, 0.3) is 0 Å². The Morgan fingerprint density at radius 2 is 1.89 bits per heavy atom. The number of aryl methyl sites for hydroxylation is 1. The molecule has 1 aromatic rings. The largest absolute Gasteiger partial charge is 0.321 e. The van der Waals surface area contributed by atoms with E-state index < -0.39 is 0 Å². The van der Waals surface area contributed by atoms with Crippen molar-refractivity contribution < 1.29 is 0 Å². The molecular formula is C17H25N. The van der Waals surface area contributed by atoms with Gasteiger partial charge in [0.1, 0.15) is 0 Å². The zero-order valence-electron chi connectivity index (χ0n) is 11.7. The van der Waals surface area contributed by atoms with E-state index in [9.17, 15) is 0 Å². The first-order valence-corrected chi connectivity index (χ1v) is 7.46. The molecule has 0 radical (unpaired) electrons. The van der Waals surface area contributed by atoms with Crippen LogP contribution in [0.15, 0.2) is 18.2 Å². The molecule has 3 rings (SSSR count). The van der Waals surface area contributed by atoms with E-state index in [1.54, 1.807) is 0 Å². The summed E-state index contributed by atoms with van der Waals surface area (Å²) in [7, 11) is 0. The molecule has 1 heteroatoms. The van der Waals surface area contributed by atoms with E-state index in [2.05, 4.69) is 32.0 Å². The molecule has 18 heavy (non-hydrogen) atoms. The Labute approximate surface area is 111 Å². The maximum Gasteiger partial charge on any atom is 0.0415 e. The molecule has 1 aromatic carbocycles. The van der Waals surface area contributed by atoms with E-state index in [1.807, 2.05) is 0 Å². The van der Waals surface area contributed by atoms with E-state index in [-0.39, 0.29) is 5.54 Å². The minimum absolute atomic E-state index is 0.0540. The zero-order valence-corrected chi connectivity index (χ0v) is 11.7. The third-order valence-corrected chi connectivity index (χ3v) is 5.25. The zero-order chi connectivity index (χ0) is 12.8. The van der Waals surface area contributed by atoms with Gasteiger partial charge in [-0.2, -0.15) is 0 Å². The fourth-order valence-electron chi connectivity index (χ4n) is 3.86. The van der Waals surface area contributed by atoms with Crippen molar-refractivity contribution in [2.75, 3.05) is 0 Å². The van der Waals surface area contributed by atoms with Gasteiger partial charge in [0, 0.05) is 5.54 Å². The Hall–Kier alpha value is -0.820. The van der Waals surface area contributed by atoms with Gasteiger partial charge in [-0.3, -0.25) is 0 Å². The molecule has 0 saturated heterocycles. The Morgan fingerprint density at radius 1 is 1.11 bits per heavy atom. The number of hydrogen-bond acceptors (Lipinski definition) is 1. The van der Waals surface area contributed by atoms with Gasteiger partial charge in [-0.05, 0) is 68.1 Å². The van der Waals surface area contributed by atoms with Crippen molar-refractivity contribution in [2.45, 2.75) is 57.9 Å². The minimum atomic E-state index is -0.0540. The van der Waals surface area contributed by atoms with Crippen LogP contribution in [-0.4, -0.2) is 0 Å². The lowest BCUT2D eigenvalue weighted by atomic mass is 9.70. The molecule has 0 bridgehead atoms. The van der Waals surface area contributed by atoms with Crippen molar-refractivity contribution >= 4 is 0 Å². The van der Waals surface area contributed by atoms with Crippen LogP contribution in [-0.2, 0) is 5.54 Å². The van der Waals surface area contributed by atoms with Gasteiger partial charge in [-0.1, -0.05) is 31.0 Å². The van der Waals surface area contributed by atoms with E-state index in [4.69, 9.17) is 5.73 Å². The average Bonchev–Trinajstić information content (AvgIpc) is 3.16. The van der Waals surface area contributed by atoms with Gasteiger partial charge in [0.2, 0.25) is 0 Å². The highest BCUT2D eigenvalue weighted by Gasteiger charge is 2.41. The summed E-state index contributed by atoms with van der Waals surface area (Å²) in [6.07, 6.45) is 8.00. The summed E-state index contributed by atoms with van der Waals surface area (Å²) in [4.78, 5) is 0. The van der Waals surface area contributed by atoms with Crippen molar-refractivity contribution in [3.8, 4) is 0 Å². The van der Waals surface area contributed by atoms with Crippen LogP contribution in [0.2, 0.25) is 0 Å². The quantitative estimate of drug-likeness (QED) is 0.833. The van der Waals surface area contributed by atoms with Gasteiger partial charge in [-0.25, -0.2) is 0 Å². The van der Waals surface area contributed by atoms with Crippen molar-refractivity contribution in [3.63, 3.8) is 0 Å². The summed E-state index contributed by atoms with van der Waals surface area (Å²) in [5, 5.41) is 0. The number of benzene rings is 1. The first-order valence-electron chi connectivity index (χ1n) is 7.46. The summed E-state index contributed by atoms with van der Waals surface area (Å²) in [6, 6.07) is 6.63. The molecule has 0 heterocycles. The standard InChI is InChI=1S/C17H25N/c1-12-5-3-7-16(13(12)2)17(18)10-4-6-15(11-17)14-8-9-14/h3,5,7,14-15H,4,6,8-11,18H2,1-2H3. The molecule has 0 amide bonds. The molecule has 1 nitrogen and oxygen atoms in total. The van der Waals surface area contributed by atoms with Crippen molar-refractivity contribution in [1.82, 2.24) is 0 Å². The summed E-state index contributed by atoms with van der Waals surface area (Å²) in [6.45, 7) is 4.43. The van der Waals surface area contributed by atoms with E-state index >= 15 is 0 Å². The van der Waals surface area contributed by atoms with Gasteiger partial charge < -0.3 is 5.73 Å². The third-order valence-electron chi connectivity index (χ3n) is 5.25. The Bertz CT molecular complexity index is 447. The van der Waals surface area contributed by atoms with Crippen LogP contribution in [0.1, 0.15) is 55.2 Å². The van der Waals surface area contributed by atoms with Crippen molar-refractivity contribution in [2.24, 2.45) is 17.6 Å². The summed E-state index contributed by atoms with van der Waals surface area (Å²) >= 11 is 0. The highest BCUT2D eigenvalue weighted by molar-refractivity contribution is 5.38. The molecular weight excluding hydrogens is 218 g/mol. The monoisotopic (exact) mass is 243 g/mol. The van der Waals surface area contributed by atoms with Gasteiger partial charge in [0.05, 0.1) is 0 Å². The average molecular weight is 243 g/mol. The summed E-state index contributed by atoms with van der Waals surface area (Å²) in [5.41, 5.74) is 11.0. The first kappa shape index (κ1) is 12.2. The van der Waals surface area contributed by atoms with Gasteiger partial charge in [0.25, 0.3) is 0 Å². The normalized spacial score (nSPS) is 32.5. The molecule has 2 saturated carbocycles. The van der Waals surface area contributed by atoms with E-state index in [0.29, 0.717) is 0 Å². The second-order valence-electron chi connectivity index (χ2n) is 6.60. The number of nitrogens with two attached hydrogens (primary N) is 1. The fourth-order valence-corrected chi connectivity index (χ4v) is 3.86. The van der Waals surface area contributed by atoms with Crippen LogP contribution in [0.3, 0.4) is 0 Å². The topological polar surface area (TPSA) is 26.0 Å². The lowest BCUT2D eigenvalue weighted by Gasteiger charge is -2.40. The van der Waals surface area contributed by atoms with Gasteiger partial charge in [-0.15, -0.1) is 0 Å². The molecule has 2 fully saturated rings. The second kappa shape index (κ2) is 4.38. The van der Waals surface area contributed by atoms with Crippen LogP contribution < -0.4 is 5.73 Å². The highest BCUT2D eigenvalue weighted by Crippen LogP contribution is 2.49. The molecule has 0 aromatic heterocycles. The van der Waals surface area contributed by atoms with Crippen LogP contribution in [0, 0.1) is 25.7 Å². The number of rotatable bonds is 2. The minimum Gasteiger partial charge on any atom is -0.321 e. The molecule has 2 unspecified atom stereocenters. The smallest absolute Gasteiger partial charge is 0.0415 e. The molecule has 2 aliphatic rings.